The highest BCUT2D eigenvalue weighted by molar-refractivity contribution is 6.23. The molecule has 5 nitrogen and oxygen atoms in total. The van der Waals surface area contributed by atoms with Crippen LogP contribution in [0.4, 0.5) is 5.69 Å². The van der Waals surface area contributed by atoms with Crippen molar-refractivity contribution >= 4 is 23.4 Å². The van der Waals surface area contributed by atoms with E-state index in [0.717, 1.165) is 10.5 Å². The molecule has 1 aliphatic heterocycles. The zero-order chi connectivity index (χ0) is 19.5. The number of benzene rings is 3. The van der Waals surface area contributed by atoms with Crippen LogP contribution in [-0.2, 0) is 11.2 Å². The highest BCUT2D eigenvalue weighted by atomic mass is 16.2. The predicted octanol–water partition coefficient (Wildman–Crippen LogP) is 3.53. The minimum Gasteiger partial charge on any atom is -0.324 e. The normalized spacial score (nSPS) is 13.9. The van der Waals surface area contributed by atoms with Crippen molar-refractivity contribution in [1.82, 2.24) is 4.90 Å². The van der Waals surface area contributed by atoms with Crippen LogP contribution in [0, 0.1) is 0 Å². The topological polar surface area (TPSA) is 66.5 Å². The second kappa shape index (κ2) is 7.48. The smallest absolute Gasteiger partial charge is 0.262 e. The molecule has 0 saturated carbocycles. The summed E-state index contributed by atoms with van der Waals surface area (Å²) in [7, 11) is 0. The molecule has 5 heteroatoms. The van der Waals surface area contributed by atoms with Crippen LogP contribution in [0.15, 0.2) is 84.9 Å². The Kier molecular flexibility index (Phi) is 4.72. The zero-order valence-corrected chi connectivity index (χ0v) is 15.0. The lowest BCUT2D eigenvalue weighted by atomic mass is 10.0. The van der Waals surface area contributed by atoms with Crippen molar-refractivity contribution in [3.05, 3.63) is 102 Å². The first kappa shape index (κ1) is 17.7. The lowest BCUT2D eigenvalue weighted by Crippen LogP contribution is -2.48. The van der Waals surface area contributed by atoms with Gasteiger partial charge in [0.15, 0.2) is 0 Å². The Labute approximate surface area is 162 Å². The van der Waals surface area contributed by atoms with Crippen LogP contribution in [-0.4, -0.2) is 28.7 Å². The van der Waals surface area contributed by atoms with Crippen molar-refractivity contribution < 1.29 is 14.4 Å². The van der Waals surface area contributed by atoms with E-state index in [1.807, 2.05) is 48.5 Å². The number of amides is 3. The fraction of sp³-hybridized carbons (Fsp3) is 0.0870. The first-order valence-electron chi connectivity index (χ1n) is 9.02. The highest BCUT2D eigenvalue weighted by Gasteiger charge is 2.42. The number of para-hydroxylation sites is 1. The van der Waals surface area contributed by atoms with E-state index in [-0.39, 0.29) is 6.42 Å². The van der Waals surface area contributed by atoms with Crippen LogP contribution in [0.3, 0.4) is 0 Å². The quantitative estimate of drug-likeness (QED) is 0.699. The number of nitrogens with one attached hydrogen (secondary N) is 1. The molecule has 0 saturated heterocycles. The van der Waals surface area contributed by atoms with Crippen LogP contribution in [0.25, 0.3) is 0 Å². The van der Waals surface area contributed by atoms with Crippen LogP contribution < -0.4 is 5.32 Å². The molecule has 3 amide bonds. The molecule has 0 bridgehead atoms. The summed E-state index contributed by atoms with van der Waals surface area (Å²) >= 11 is 0. The molecule has 3 aromatic carbocycles. The maximum absolute atomic E-state index is 13.1. The van der Waals surface area contributed by atoms with Crippen LogP contribution >= 0.6 is 0 Å². The molecule has 0 aliphatic carbocycles. The molecule has 1 N–H and O–H groups in total. The molecule has 0 unspecified atom stereocenters. The summed E-state index contributed by atoms with van der Waals surface area (Å²) in [5, 5.41) is 2.82. The lowest BCUT2D eigenvalue weighted by Gasteiger charge is -2.25. The molecule has 1 heterocycles. The van der Waals surface area contributed by atoms with E-state index in [1.165, 1.54) is 0 Å². The number of nitrogens with zero attached hydrogens (tertiary/aromatic N) is 1. The van der Waals surface area contributed by atoms with E-state index in [4.69, 9.17) is 0 Å². The monoisotopic (exact) mass is 370 g/mol. The standard InChI is InChI=1S/C23H18N2O3/c26-21(24-17-11-5-2-6-12-17)20(15-16-9-3-1-4-10-16)25-22(27)18-13-7-8-14-19(18)23(25)28/h1-14,20H,15H2,(H,24,26)/t20-/m0/s1. The van der Waals surface area contributed by atoms with Crippen molar-refractivity contribution in [2.24, 2.45) is 0 Å². The summed E-state index contributed by atoms with van der Waals surface area (Å²) in [6.07, 6.45) is 0.241. The van der Waals surface area contributed by atoms with Gasteiger partial charge in [0.25, 0.3) is 11.8 Å². The molecule has 1 atom stereocenters. The number of rotatable bonds is 5. The van der Waals surface area contributed by atoms with Crippen molar-refractivity contribution in [1.29, 1.82) is 0 Å². The van der Waals surface area contributed by atoms with Gasteiger partial charge in [-0.1, -0.05) is 60.7 Å². The van der Waals surface area contributed by atoms with Gasteiger partial charge in [-0.2, -0.15) is 0 Å². The van der Waals surface area contributed by atoms with Gasteiger partial charge in [-0.15, -0.1) is 0 Å². The minimum atomic E-state index is -0.949. The van der Waals surface area contributed by atoms with E-state index < -0.39 is 23.8 Å². The average Bonchev–Trinajstić information content (AvgIpc) is 2.98. The Morgan fingerprint density at radius 2 is 1.25 bits per heavy atom. The minimum absolute atomic E-state index is 0.241. The van der Waals surface area contributed by atoms with Gasteiger partial charge >= 0.3 is 0 Å². The molecule has 0 spiro atoms. The summed E-state index contributed by atoms with van der Waals surface area (Å²) in [6, 6.07) is 24.1. The summed E-state index contributed by atoms with van der Waals surface area (Å²) in [5.74, 6) is -1.28. The molecule has 3 aromatic rings. The first-order chi connectivity index (χ1) is 13.6. The lowest BCUT2D eigenvalue weighted by molar-refractivity contribution is -0.119. The molecule has 28 heavy (non-hydrogen) atoms. The van der Waals surface area contributed by atoms with Crippen LogP contribution in [0.1, 0.15) is 26.3 Å². The number of imide groups is 1. The molecule has 138 valence electrons. The van der Waals surface area contributed by atoms with Crippen molar-refractivity contribution in [3.63, 3.8) is 0 Å². The zero-order valence-electron chi connectivity index (χ0n) is 15.0. The summed E-state index contributed by atoms with van der Waals surface area (Å²) in [6.45, 7) is 0. The molecular formula is C23H18N2O3. The van der Waals surface area contributed by atoms with Gasteiger partial charge in [0, 0.05) is 12.1 Å². The molecular weight excluding hydrogens is 352 g/mol. The molecule has 1 aliphatic rings. The Balaban J connectivity index is 1.68. The van der Waals surface area contributed by atoms with Gasteiger partial charge < -0.3 is 5.32 Å². The Morgan fingerprint density at radius 1 is 0.750 bits per heavy atom. The maximum atomic E-state index is 13.1. The number of fused-ring (bicyclic) bond motifs is 1. The number of carbonyl (C=O) groups is 3. The third-order valence-electron chi connectivity index (χ3n) is 4.75. The second-order valence-corrected chi connectivity index (χ2v) is 6.59. The number of anilines is 1. The second-order valence-electron chi connectivity index (χ2n) is 6.59. The van der Waals surface area contributed by atoms with Gasteiger partial charge in [0.2, 0.25) is 5.91 Å². The highest BCUT2D eigenvalue weighted by Crippen LogP contribution is 2.26. The van der Waals surface area contributed by atoms with Gasteiger partial charge in [0.05, 0.1) is 11.1 Å². The van der Waals surface area contributed by atoms with Gasteiger partial charge in [-0.05, 0) is 29.8 Å². The Hall–Kier alpha value is -3.73. The Morgan fingerprint density at radius 3 is 1.82 bits per heavy atom. The third-order valence-corrected chi connectivity index (χ3v) is 4.75. The van der Waals surface area contributed by atoms with Crippen LogP contribution in [0.5, 0.6) is 0 Å². The summed E-state index contributed by atoms with van der Waals surface area (Å²) < 4.78 is 0. The van der Waals surface area contributed by atoms with Crippen LogP contribution in [0.2, 0.25) is 0 Å². The van der Waals surface area contributed by atoms with Crippen molar-refractivity contribution in [2.75, 3.05) is 5.32 Å². The maximum Gasteiger partial charge on any atom is 0.262 e. The number of hydrogen-bond acceptors (Lipinski definition) is 3. The summed E-state index contributed by atoms with van der Waals surface area (Å²) in [5.41, 5.74) is 2.14. The third kappa shape index (κ3) is 3.30. The fourth-order valence-electron chi connectivity index (χ4n) is 3.38. The van der Waals surface area contributed by atoms with Gasteiger partial charge in [-0.3, -0.25) is 19.3 Å². The van der Waals surface area contributed by atoms with E-state index in [0.29, 0.717) is 16.8 Å². The van der Waals surface area contributed by atoms with E-state index in [2.05, 4.69) is 5.32 Å². The largest absolute Gasteiger partial charge is 0.324 e. The molecule has 0 fully saturated rings. The number of hydrogen-bond donors (Lipinski definition) is 1. The van der Waals surface area contributed by atoms with Gasteiger partial charge in [0.1, 0.15) is 6.04 Å². The Bertz CT molecular complexity index is 997. The first-order valence-corrected chi connectivity index (χ1v) is 9.02. The van der Waals surface area contributed by atoms with E-state index in [9.17, 15) is 14.4 Å². The van der Waals surface area contributed by atoms with E-state index in [1.54, 1.807) is 36.4 Å². The SMILES string of the molecule is O=C(Nc1ccccc1)[C@H](Cc1ccccc1)N1C(=O)c2ccccc2C1=O. The van der Waals surface area contributed by atoms with Crippen molar-refractivity contribution in [2.45, 2.75) is 12.5 Å². The fourth-order valence-corrected chi connectivity index (χ4v) is 3.38. The van der Waals surface area contributed by atoms with E-state index >= 15 is 0 Å². The predicted molar refractivity (Wildman–Crippen MR) is 106 cm³/mol. The molecule has 0 radical (unpaired) electrons. The number of carbonyl (C=O) groups excluding carboxylic acids is 3. The van der Waals surface area contributed by atoms with Gasteiger partial charge in [-0.25, -0.2) is 0 Å². The average molecular weight is 370 g/mol. The summed E-state index contributed by atoms with van der Waals surface area (Å²) in [4.78, 5) is 40.0. The van der Waals surface area contributed by atoms with Crippen molar-refractivity contribution in [3.8, 4) is 0 Å². The molecule has 4 rings (SSSR count). The molecule has 0 aromatic heterocycles.